The van der Waals surface area contributed by atoms with Crippen molar-refractivity contribution in [2.45, 2.75) is 13.0 Å². The first-order chi connectivity index (χ1) is 13.9. The van der Waals surface area contributed by atoms with Crippen LogP contribution in [0.4, 0.5) is 9.39 Å². The predicted octanol–water partition coefficient (Wildman–Crippen LogP) is 4.08. The Morgan fingerprint density at radius 2 is 2.24 bits per heavy atom. The van der Waals surface area contributed by atoms with Gasteiger partial charge in [0.2, 0.25) is 5.91 Å². The molecule has 1 aromatic carbocycles. The molecule has 0 aliphatic carbocycles. The Balaban J connectivity index is 1.72. The molecule has 29 heavy (non-hydrogen) atoms. The van der Waals surface area contributed by atoms with Gasteiger partial charge < -0.3 is 14.9 Å². The monoisotopic (exact) mass is 432 g/mol. The van der Waals surface area contributed by atoms with Gasteiger partial charge in [-0.1, -0.05) is 24.2 Å². The number of carbonyl (C=O) groups excluding carboxylic acids is 1. The van der Waals surface area contributed by atoms with Crippen molar-refractivity contribution >= 4 is 45.1 Å². The van der Waals surface area contributed by atoms with Crippen molar-refractivity contribution in [2.24, 2.45) is 0 Å². The summed E-state index contributed by atoms with van der Waals surface area (Å²) >= 11 is 7.71. The average molecular weight is 433 g/mol. The van der Waals surface area contributed by atoms with Gasteiger partial charge in [-0.3, -0.25) is 4.79 Å². The highest BCUT2D eigenvalue weighted by molar-refractivity contribution is 7.11. The van der Waals surface area contributed by atoms with Crippen LogP contribution in [0.15, 0.2) is 36.9 Å². The Morgan fingerprint density at radius 3 is 2.93 bits per heavy atom. The summed E-state index contributed by atoms with van der Waals surface area (Å²) in [5.74, 6) is -0.915. The normalized spacial score (nSPS) is 17.0. The van der Waals surface area contributed by atoms with Crippen molar-refractivity contribution in [2.75, 3.05) is 24.5 Å². The number of rotatable bonds is 3. The van der Waals surface area contributed by atoms with E-state index in [0.29, 0.717) is 25.3 Å². The lowest BCUT2D eigenvalue weighted by Crippen LogP contribution is -2.53. The van der Waals surface area contributed by atoms with Gasteiger partial charge in [-0.15, -0.1) is 0 Å². The van der Waals surface area contributed by atoms with Crippen LogP contribution in [0.1, 0.15) is 6.92 Å². The van der Waals surface area contributed by atoms with E-state index < -0.39 is 5.82 Å². The lowest BCUT2D eigenvalue weighted by Gasteiger charge is -2.40. The van der Waals surface area contributed by atoms with Gasteiger partial charge in [0.05, 0.1) is 21.7 Å². The molecule has 9 heteroatoms. The SMILES string of the molecule is C=CC(=O)N1CCN(c2snc3nc(-c4c(O)cccc4F)c(Cl)cc23)[C@H](C)C1. The molecule has 1 N–H and O–H groups in total. The average Bonchev–Trinajstić information content (AvgIpc) is 3.09. The molecule has 1 saturated heterocycles. The van der Waals surface area contributed by atoms with E-state index in [1.165, 1.54) is 35.8 Å². The van der Waals surface area contributed by atoms with E-state index in [1.54, 1.807) is 11.0 Å². The van der Waals surface area contributed by atoms with E-state index >= 15 is 0 Å². The molecule has 3 aromatic rings. The number of halogens is 2. The zero-order valence-corrected chi connectivity index (χ0v) is 17.2. The van der Waals surface area contributed by atoms with Crippen LogP contribution in [0.25, 0.3) is 22.3 Å². The molecule has 1 amide bonds. The molecule has 1 fully saturated rings. The fourth-order valence-electron chi connectivity index (χ4n) is 3.56. The third-order valence-electron chi connectivity index (χ3n) is 5.01. The van der Waals surface area contributed by atoms with E-state index in [2.05, 4.69) is 20.8 Å². The first kappa shape index (κ1) is 19.6. The van der Waals surface area contributed by atoms with Gasteiger partial charge in [0.1, 0.15) is 16.6 Å². The van der Waals surface area contributed by atoms with E-state index in [0.717, 1.165) is 10.4 Å². The van der Waals surface area contributed by atoms with Crippen molar-refractivity contribution in [3.63, 3.8) is 0 Å². The maximum atomic E-state index is 14.3. The second kappa shape index (κ2) is 7.61. The number of aromatic nitrogens is 2. The fourth-order valence-corrected chi connectivity index (χ4v) is 4.74. The predicted molar refractivity (Wildman–Crippen MR) is 113 cm³/mol. The Bertz CT molecular complexity index is 1100. The Labute approximate surface area is 176 Å². The van der Waals surface area contributed by atoms with Crippen LogP contribution in [-0.4, -0.2) is 50.9 Å². The molecular formula is C20H18ClFN4O2S. The summed E-state index contributed by atoms with van der Waals surface area (Å²) in [5, 5.41) is 12.0. The topological polar surface area (TPSA) is 69.6 Å². The lowest BCUT2D eigenvalue weighted by molar-refractivity contribution is -0.126. The zero-order chi connectivity index (χ0) is 20.7. The number of benzene rings is 1. The highest BCUT2D eigenvalue weighted by Crippen LogP contribution is 2.40. The van der Waals surface area contributed by atoms with Gasteiger partial charge in [0.15, 0.2) is 5.65 Å². The van der Waals surface area contributed by atoms with Gasteiger partial charge in [0.25, 0.3) is 0 Å². The van der Waals surface area contributed by atoms with E-state index in [9.17, 15) is 14.3 Å². The molecule has 3 heterocycles. The summed E-state index contributed by atoms with van der Waals surface area (Å²) in [7, 11) is 0. The molecule has 0 saturated carbocycles. The number of anilines is 1. The number of phenols is 1. The molecule has 1 aliphatic rings. The van der Waals surface area contributed by atoms with Gasteiger partial charge in [-0.05, 0) is 42.7 Å². The number of amides is 1. The van der Waals surface area contributed by atoms with Crippen LogP contribution in [0, 0.1) is 5.82 Å². The summed E-state index contributed by atoms with van der Waals surface area (Å²) in [6.45, 7) is 7.38. The van der Waals surface area contributed by atoms with Crippen molar-refractivity contribution in [3.05, 3.63) is 47.8 Å². The fraction of sp³-hybridized carbons (Fsp3) is 0.250. The summed E-state index contributed by atoms with van der Waals surface area (Å²) in [5.41, 5.74) is 0.545. The number of hydrogen-bond donors (Lipinski definition) is 1. The third kappa shape index (κ3) is 3.42. The smallest absolute Gasteiger partial charge is 0.246 e. The molecule has 2 aromatic heterocycles. The van der Waals surface area contributed by atoms with Gasteiger partial charge in [-0.25, -0.2) is 9.37 Å². The molecule has 150 valence electrons. The van der Waals surface area contributed by atoms with Gasteiger partial charge in [0, 0.05) is 25.7 Å². The van der Waals surface area contributed by atoms with Crippen LogP contribution < -0.4 is 4.90 Å². The van der Waals surface area contributed by atoms with Crippen LogP contribution in [-0.2, 0) is 4.79 Å². The minimum absolute atomic E-state index is 0.0427. The third-order valence-corrected chi connectivity index (χ3v) is 6.19. The molecular weight excluding hydrogens is 415 g/mol. The second-order valence-corrected chi connectivity index (χ2v) is 8.00. The van der Waals surface area contributed by atoms with Crippen molar-refractivity contribution in [3.8, 4) is 17.0 Å². The van der Waals surface area contributed by atoms with E-state index in [4.69, 9.17) is 11.6 Å². The van der Waals surface area contributed by atoms with Crippen molar-refractivity contribution < 1.29 is 14.3 Å². The van der Waals surface area contributed by atoms with Crippen LogP contribution in [0.3, 0.4) is 0 Å². The number of pyridine rings is 1. The summed E-state index contributed by atoms with van der Waals surface area (Å²) < 4.78 is 18.7. The number of hydrogen-bond acceptors (Lipinski definition) is 6. The van der Waals surface area contributed by atoms with Gasteiger partial charge >= 0.3 is 0 Å². The largest absolute Gasteiger partial charge is 0.507 e. The highest BCUT2D eigenvalue weighted by atomic mass is 35.5. The molecule has 0 unspecified atom stereocenters. The zero-order valence-electron chi connectivity index (χ0n) is 15.6. The number of fused-ring (bicyclic) bond motifs is 1. The molecule has 0 spiro atoms. The van der Waals surface area contributed by atoms with E-state index in [1.807, 2.05) is 6.92 Å². The van der Waals surface area contributed by atoms with Crippen LogP contribution in [0.2, 0.25) is 5.02 Å². The Morgan fingerprint density at radius 1 is 1.45 bits per heavy atom. The minimum Gasteiger partial charge on any atom is -0.507 e. The number of phenolic OH excluding ortho intramolecular Hbond substituents is 1. The molecule has 1 aliphatic heterocycles. The van der Waals surface area contributed by atoms with Crippen LogP contribution >= 0.6 is 23.1 Å². The molecule has 0 radical (unpaired) electrons. The van der Waals surface area contributed by atoms with E-state index in [-0.39, 0.29) is 34.0 Å². The first-order valence-corrected chi connectivity index (χ1v) is 10.2. The number of carbonyl (C=O) groups is 1. The summed E-state index contributed by atoms with van der Waals surface area (Å²) in [4.78, 5) is 20.3. The number of aromatic hydroxyl groups is 1. The quantitative estimate of drug-likeness (QED) is 0.631. The highest BCUT2D eigenvalue weighted by Gasteiger charge is 2.29. The van der Waals surface area contributed by atoms with Gasteiger partial charge in [-0.2, -0.15) is 4.37 Å². The molecule has 1 atom stereocenters. The summed E-state index contributed by atoms with van der Waals surface area (Å²) in [6.07, 6.45) is 1.33. The maximum absolute atomic E-state index is 14.3. The van der Waals surface area contributed by atoms with Crippen molar-refractivity contribution in [1.82, 2.24) is 14.3 Å². The summed E-state index contributed by atoms with van der Waals surface area (Å²) in [6, 6.07) is 5.83. The first-order valence-electron chi connectivity index (χ1n) is 9.02. The second-order valence-electron chi connectivity index (χ2n) is 6.84. The van der Waals surface area contributed by atoms with Crippen molar-refractivity contribution in [1.29, 1.82) is 0 Å². The molecule has 0 bridgehead atoms. The lowest BCUT2D eigenvalue weighted by atomic mass is 10.1. The molecule has 4 rings (SSSR count). The Kier molecular flexibility index (Phi) is 5.14. The minimum atomic E-state index is -0.606. The maximum Gasteiger partial charge on any atom is 0.246 e. The van der Waals surface area contributed by atoms with Crippen LogP contribution in [0.5, 0.6) is 5.75 Å². The standard InChI is InChI=1S/C20H18ClFN4O2S/c1-3-16(28)25-7-8-26(11(2)10-25)20-12-9-13(21)18(23-19(12)24-29-20)17-14(22)5-4-6-15(17)27/h3-6,9,11,27H,1,7-8,10H2,2H3/t11-/m1/s1. The number of nitrogens with zero attached hydrogens (tertiary/aromatic N) is 4. The number of piperazine rings is 1. The molecule has 6 nitrogen and oxygen atoms in total. The Hall–Kier alpha value is -2.71.